The molecule has 0 saturated carbocycles. The van der Waals surface area contributed by atoms with Crippen molar-refractivity contribution in [3.63, 3.8) is 0 Å². The molecule has 4 nitrogen and oxygen atoms in total. The van der Waals surface area contributed by atoms with Crippen LogP contribution in [0.5, 0.6) is 0 Å². The Bertz CT molecular complexity index is 795. The number of hydrogen-bond acceptors (Lipinski definition) is 2. The van der Waals surface area contributed by atoms with Crippen molar-refractivity contribution < 1.29 is 0 Å². The Morgan fingerprint density at radius 2 is 2.00 bits per heavy atom. The summed E-state index contributed by atoms with van der Waals surface area (Å²) in [4.78, 5) is 3.48. The van der Waals surface area contributed by atoms with Gasteiger partial charge in [-0.1, -0.05) is 32.0 Å². The molecule has 0 spiro atoms. The van der Waals surface area contributed by atoms with E-state index in [9.17, 15) is 0 Å². The maximum atomic E-state index is 6.16. The number of nitrogens with two attached hydrogens (primary N) is 1. The number of fused-ring (bicyclic) bond motifs is 1. The van der Waals surface area contributed by atoms with Gasteiger partial charge in [0, 0.05) is 41.8 Å². The van der Waals surface area contributed by atoms with Gasteiger partial charge in [0.25, 0.3) is 0 Å². The van der Waals surface area contributed by atoms with Crippen molar-refractivity contribution in [1.29, 1.82) is 0 Å². The Morgan fingerprint density at radius 1 is 1.27 bits per heavy atom. The van der Waals surface area contributed by atoms with Crippen LogP contribution in [0.3, 0.4) is 0 Å². The number of rotatable bonds is 4. The van der Waals surface area contributed by atoms with Crippen molar-refractivity contribution in [2.45, 2.75) is 32.6 Å². The standard InChI is InChI=1S/C18H24N4/c1-11(2)16-9-17(22(4)21-16)14(10-19)18-12(3)20-15-8-6-5-7-13(15)18/h5-9,11,14,20H,10,19H2,1-4H3. The van der Waals surface area contributed by atoms with E-state index in [1.54, 1.807) is 0 Å². The SMILES string of the molecule is Cc1[nH]c2ccccc2c1C(CN)c1cc(C(C)C)nn1C. The van der Waals surface area contributed by atoms with Gasteiger partial charge in [-0.25, -0.2) is 0 Å². The minimum atomic E-state index is 0.154. The molecule has 22 heavy (non-hydrogen) atoms. The first-order chi connectivity index (χ1) is 10.5. The van der Waals surface area contributed by atoms with Crippen molar-refractivity contribution in [2.24, 2.45) is 12.8 Å². The highest BCUT2D eigenvalue weighted by Crippen LogP contribution is 2.33. The maximum Gasteiger partial charge on any atom is 0.0653 e. The molecule has 0 aliphatic heterocycles. The molecule has 4 heteroatoms. The van der Waals surface area contributed by atoms with Gasteiger partial charge in [-0.15, -0.1) is 0 Å². The summed E-state index contributed by atoms with van der Waals surface area (Å²) in [6.45, 7) is 7.03. The average Bonchev–Trinajstić information content (AvgIpc) is 3.02. The molecule has 116 valence electrons. The lowest BCUT2D eigenvalue weighted by molar-refractivity contribution is 0.649. The summed E-state index contributed by atoms with van der Waals surface area (Å²) in [7, 11) is 2.01. The zero-order chi connectivity index (χ0) is 15.9. The zero-order valence-electron chi connectivity index (χ0n) is 13.7. The molecule has 3 rings (SSSR count). The second kappa shape index (κ2) is 5.61. The fourth-order valence-electron chi connectivity index (χ4n) is 3.25. The highest BCUT2D eigenvalue weighted by atomic mass is 15.3. The number of aromatic amines is 1. The number of benzene rings is 1. The first-order valence-electron chi connectivity index (χ1n) is 7.84. The van der Waals surface area contributed by atoms with Gasteiger partial charge in [0.2, 0.25) is 0 Å². The number of nitrogens with one attached hydrogen (secondary N) is 1. The quantitative estimate of drug-likeness (QED) is 0.775. The van der Waals surface area contributed by atoms with Crippen LogP contribution in [0.1, 0.15) is 48.3 Å². The van der Waals surface area contributed by atoms with Crippen molar-refractivity contribution in [3.05, 3.63) is 53.0 Å². The number of aryl methyl sites for hydroxylation is 2. The summed E-state index contributed by atoms with van der Waals surface area (Å²) in [5.41, 5.74) is 12.1. The van der Waals surface area contributed by atoms with E-state index in [1.807, 2.05) is 11.7 Å². The average molecular weight is 296 g/mol. The summed E-state index contributed by atoms with van der Waals surface area (Å²) in [6, 6.07) is 10.6. The van der Waals surface area contributed by atoms with Crippen LogP contribution >= 0.6 is 0 Å². The van der Waals surface area contributed by atoms with E-state index in [2.05, 4.69) is 61.2 Å². The normalized spacial score (nSPS) is 13.2. The summed E-state index contributed by atoms with van der Waals surface area (Å²) in [5, 5.41) is 5.90. The second-order valence-corrected chi connectivity index (χ2v) is 6.27. The largest absolute Gasteiger partial charge is 0.358 e. The molecule has 0 fully saturated rings. The highest BCUT2D eigenvalue weighted by molar-refractivity contribution is 5.85. The molecule has 0 bridgehead atoms. The second-order valence-electron chi connectivity index (χ2n) is 6.27. The predicted molar refractivity (Wildman–Crippen MR) is 91.2 cm³/mol. The molecule has 0 aliphatic rings. The van der Waals surface area contributed by atoms with Crippen LogP contribution in [0.2, 0.25) is 0 Å². The van der Waals surface area contributed by atoms with Gasteiger partial charge in [-0.2, -0.15) is 5.10 Å². The van der Waals surface area contributed by atoms with E-state index in [4.69, 9.17) is 5.73 Å². The molecule has 2 heterocycles. The zero-order valence-corrected chi connectivity index (χ0v) is 13.7. The molecule has 1 atom stereocenters. The minimum absolute atomic E-state index is 0.154. The summed E-state index contributed by atoms with van der Waals surface area (Å²) in [6.07, 6.45) is 0. The molecule has 1 unspecified atom stereocenters. The number of aromatic nitrogens is 3. The Kier molecular flexibility index (Phi) is 3.79. The fraction of sp³-hybridized carbons (Fsp3) is 0.389. The van der Waals surface area contributed by atoms with Crippen LogP contribution in [0, 0.1) is 6.92 Å². The van der Waals surface area contributed by atoms with Crippen molar-refractivity contribution >= 4 is 10.9 Å². The molecule has 0 saturated heterocycles. The highest BCUT2D eigenvalue weighted by Gasteiger charge is 2.23. The first-order valence-corrected chi connectivity index (χ1v) is 7.84. The number of para-hydroxylation sites is 1. The minimum Gasteiger partial charge on any atom is -0.358 e. The van der Waals surface area contributed by atoms with Crippen molar-refractivity contribution in [3.8, 4) is 0 Å². The van der Waals surface area contributed by atoms with E-state index in [1.165, 1.54) is 27.9 Å². The van der Waals surface area contributed by atoms with Crippen molar-refractivity contribution in [2.75, 3.05) is 6.54 Å². The molecule has 0 amide bonds. The topological polar surface area (TPSA) is 59.6 Å². The van der Waals surface area contributed by atoms with Gasteiger partial charge in [-0.3, -0.25) is 4.68 Å². The molecule has 3 aromatic rings. The lowest BCUT2D eigenvalue weighted by Gasteiger charge is -2.16. The maximum absolute atomic E-state index is 6.16. The number of H-pyrrole nitrogens is 1. The van der Waals surface area contributed by atoms with Crippen LogP contribution < -0.4 is 5.73 Å². The number of hydrogen-bond donors (Lipinski definition) is 2. The Morgan fingerprint density at radius 3 is 2.64 bits per heavy atom. The lowest BCUT2D eigenvalue weighted by atomic mass is 9.92. The summed E-state index contributed by atoms with van der Waals surface area (Å²) < 4.78 is 1.98. The van der Waals surface area contributed by atoms with E-state index in [0.717, 1.165) is 5.69 Å². The molecule has 2 aromatic heterocycles. The van der Waals surface area contributed by atoms with Gasteiger partial charge in [-0.05, 0) is 30.5 Å². The number of nitrogens with zero attached hydrogens (tertiary/aromatic N) is 2. The van der Waals surface area contributed by atoms with E-state index in [0.29, 0.717) is 12.5 Å². The van der Waals surface area contributed by atoms with Gasteiger partial charge in [0.15, 0.2) is 0 Å². The van der Waals surface area contributed by atoms with Gasteiger partial charge < -0.3 is 10.7 Å². The predicted octanol–water partition coefficient (Wildman–Crippen LogP) is 3.42. The molecule has 1 aromatic carbocycles. The monoisotopic (exact) mass is 296 g/mol. The molecule has 0 aliphatic carbocycles. The van der Waals surface area contributed by atoms with Gasteiger partial charge >= 0.3 is 0 Å². The third kappa shape index (κ3) is 2.33. The van der Waals surface area contributed by atoms with E-state index < -0.39 is 0 Å². The van der Waals surface area contributed by atoms with Crippen LogP contribution in [0.25, 0.3) is 10.9 Å². The van der Waals surface area contributed by atoms with Crippen LogP contribution in [0.15, 0.2) is 30.3 Å². The Labute approximate surface area is 131 Å². The van der Waals surface area contributed by atoms with E-state index >= 15 is 0 Å². The van der Waals surface area contributed by atoms with Crippen LogP contribution in [-0.2, 0) is 7.05 Å². The molecular formula is C18H24N4. The fourth-order valence-corrected chi connectivity index (χ4v) is 3.25. The Hall–Kier alpha value is -2.07. The Balaban J connectivity index is 2.16. The summed E-state index contributed by atoms with van der Waals surface area (Å²) in [5.74, 6) is 0.573. The molecule has 0 radical (unpaired) electrons. The third-order valence-electron chi connectivity index (χ3n) is 4.41. The summed E-state index contributed by atoms with van der Waals surface area (Å²) >= 11 is 0. The van der Waals surface area contributed by atoms with Crippen LogP contribution in [-0.4, -0.2) is 21.3 Å². The van der Waals surface area contributed by atoms with Gasteiger partial charge in [0.05, 0.1) is 5.69 Å². The van der Waals surface area contributed by atoms with Crippen molar-refractivity contribution in [1.82, 2.24) is 14.8 Å². The third-order valence-corrected chi connectivity index (χ3v) is 4.41. The van der Waals surface area contributed by atoms with Gasteiger partial charge in [0.1, 0.15) is 0 Å². The molecule has 3 N–H and O–H groups in total. The van der Waals surface area contributed by atoms with E-state index in [-0.39, 0.29) is 5.92 Å². The first kappa shape index (κ1) is 14.9. The lowest BCUT2D eigenvalue weighted by Crippen LogP contribution is -2.17. The smallest absolute Gasteiger partial charge is 0.0653 e. The van der Waals surface area contributed by atoms with Crippen LogP contribution in [0.4, 0.5) is 0 Å². The molecular weight excluding hydrogens is 272 g/mol.